The number of hydrogen-bond donors (Lipinski definition) is 0. The Balaban J connectivity index is 1.26. The molecule has 1 aliphatic carbocycles. The average Bonchev–Trinajstić information content (AvgIpc) is 3.44. The number of nitrogens with zero attached hydrogens (tertiary/aromatic N) is 4. The predicted molar refractivity (Wildman–Crippen MR) is 111 cm³/mol. The van der Waals surface area contributed by atoms with Crippen molar-refractivity contribution in [2.45, 2.75) is 77.0 Å². The van der Waals surface area contributed by atoms with Gasteiger partial charge in [-0.25, -0.2) is 0 Å². The van der Waals surface area contributed by atoms with Crippen LogP contribution in [0.2, 0.25) is 0 Å². The Morgan fingerprint density at radius 2 is 1.86 bits per heavy atom. The summed E-state index contributed by atoms with van der Waals surface area (Å²) < 4.78 is 7.63. The second-order valence-electron chi connectivity index (χ2n) is 8.45. The van der Waals surface area contributed by atoms with Crippen molar-refractivity contribution in [3.05, 3.63) is 42.2 Å². The second-order valence-corrected chi connectivity index (χ2v) is 8.45. The summed E-state index contributed by atoms with van der Waals surface area (Å²) in [5, 5.41) is 8.47. The average molecular weight is 397 g/mol. The highest BCUT2D eigenvalue weighted by molar-refractivity contribution is 5.77. The fourth-order valence-corrected chi connectivity index (χ4v) is 4.68. The van der Waals surface area contributed by atoms with Gasteiger partial charge in [0, 0.05) is 25.6 Å². The molecule has 156 valence electrons. The van der Waals surface area contributed by atoms with Crippen molar-refractivity contribution in [1.82, 2.24) is 19.9 Å². The van der Waals surface area contributed by atoms with Gasteiger partial charge in [0.15, 0.2) is 0 Å². The number of likely N-dealkylation sites (tertiary alicyclic amines) is 1. The van der Waals surface area contributed by atoms with Crippen molar-refractivity contribution in [3.63, 3.8) is 0 Å². The molecule has 0 N–H and O–H groups in total. The molecule has 2 heterocycles. The minimum Gasteiger partial charge on any atom is -0.487 e. The normalized spacial score (nSPS) is 20.1. The van der Waals surface area contributed by atoms with Gasteiger partial charge in [0.05, 0.1) is 6.20 Å². The van der Waals surface area contributed by atoms with Gasteiger partial charge in [-0.3, -0.25) is 9.48 Å². The number of piperidine rings is 1. The summed E-state index contributed by atoms with van der Waals surface area (Å²) in [6.07, 6.45) is 12.2. The van der Waals surface area contributed by atoms with Gasteiger partial charge in [0.1, 0.15) is 18.1 Å². The van der Waals surface area contributed by atoms with E-state index in [-0.39, 0.29) is 0 Å². The SMILES string of the molecule is O=C(CC1CCCC1)N1CCCCC1CCn1cc(COc2ccccc2)nn1. The Hall–Kier alpha value is -2.37. The molecule has 6 nitrogen and oxygen atoms in total. The molecule has 1 atom stereocenters. The second kappa shape index (κ2) is 9.90. The largest absolute Gasteiger partial charge is 0.487 e. The van der Waals surface area contributed by atoms with Crippen molar-refractivity contribution in [1.29, 1.82) is 0 Å². The molecule has 0 bridgehead atoms. The number of aryl methyl sites for hydroxylation is 1. The van der Waals surface area contributed by atoms with Crippen LogP contribution in [0.3, 0.4) is 0 Å². The number of carbonyl (C=O) groups is 1. The number of benzene rings is 1. The van der Waals surface area contributed by atoms with Gasteiger partial charge in [-0.1, -0.05) is 36.3 Å². The Labute approximate surface area is 173 Å². The molecule has 2 aliphatic rings. The van der Waals surface area contributed by atoms with Crippen LogP contribution in [0.1, 0.15) is 63.5 Å². The number of carbonyl (C=O) groups excluding carboxylic acids is 1. The monoisotopic (exact) mass is 396 g/mol. The summed E-state index contributed by atoms with van der Waals surface area (Å²) in [6.45, 7) is 2.12. The number of rotatable bonds is 8. The lowest BCUT2D eigenvalue weighted by Crippen LogP contribution is -2.44. The van der Waals surface area contributed by atoms with E-state index in [1.807, 2.05) is 41.2 Å². The molecule has 1 saturated heterocycles. The van der Waals surface area contributed by atoms with E-state index in [0.717, 1.165) is 50.2 Å². The fraction of sp³-hybridized carbons (Fsp3) is 0.609. The molecular formula is C23H32N4O2. The van der Waals surface area contributed by atoms with E-state index in [2.05, 4.69) is 15.2 Å². The van der Waals surface area contributed by atoms with E-state index in [1.54, 1.807) is 0 Å². The van der Waals surface area contributed by atoms with E-state index in [0.29, 0.717) is 24.5 Å². The van der Waals surface area contributed by atoms with E-state index < -0.39 is 0 Å². The van der Waals surface area contributed by atoms with Crippen LogP contribution in [0.15, 0.2) is 36.5 Å². The van der Waals surface area contributed by atoms with Crippen LogP contribution in [0, 0.1) is 5.92 Å². The molecule has 0 radical (unpaired) electrons. The number of hydrogen-bond acceptors (Lipinski definition) is 4. The smallest absolute Gasteiger partial charge is 0.223 e. The minimum absolute atomic E-state index is 0.339. The van der Waals surface area contributed by atoms with Gasteiger partial charge < -0.3 is 9.64 Å². The van der Waals surface area contributed by atoms with Crippen LogP contribution >= 0.6 is 0 Å². The summed E-state index contributed by atoms with van der Waals surface area (Å²) in [5.41, 5.74) is 0.826. The summed E-state index contributed by atoms with van der Waals surface area (Å²) in [6, 6.07) is 10.1. The van der Waals surface area contributed by atoms with Crippen LogP contribution in [0.4, 0.5) is 0 Å². The summed E-state index contributed by atoms with van der Waals surface area (Å²) in [7, 11) is 0. The third-order valence-electron chi connectivity index (χ3n) is 6.29. The lowest BCUT2D eigenvalue weighted by Gasteiger charge is -2.36. The highest BCUT2D eigenvalue weighted by Crippen LogP contribution is 2.30. The van der Waals surface area contributed by atoms with Crippen LogP contribution < -0.4 is 4.74 Å². The van der Waals surface area contributed by atoms with Gasteiger partial charge in [0.25, 0.3) is 0 Å². The summed E-state index contributed by atoms with van der Waals surface area (Å²) >= 11 is 0. The Kier molecular flexibility index (Phi) is 6.80. The van der Waals surface area contributed by atoms with Gasteiger partial charge >= 0.3 is 0 Å². The van der Waals surface area contributed by atoms with Crippen molar-refractivity contribution in [2.24, 2.45) is 5.92 Å². The first kappa shape index (κ1) is 19.9. The molecule has 6 heteroatoms. The van der Waals surface area contributed by atoms with Crippen molar-refractivity contribution < 1.29 is 9.53 Å². The number of amides is 1. The molecule has 1 aromatic heterocycles. The van der Waals surface area contributed by atoms with Crippen LogP contribution in [-0.4, -0.2) is 38.4 Å². The zero-order chi connectivity index (χ0) is 19.9. The lowest BCUT2D eigenvalue weighted by atomic mass is 9.96. The molecule has 1 unspecified atom stereocenters. The maximum atomic E-state index is 12.9. The maximum Gasteiger partial charge on any atom is 0.223 e. The van der Waals surface area contributed by atoms with Crippen LogP contribution in [0.25, 0.3) is 0 Å². The predicted octanol–water partition coefficient (Wildman–Crippen LogP) is 4.21. The third kappa shape index (κ3) is 5.58. The van der Waals surface area contributed by atoms with Gasteiger partial charge in [-0.05, 0) is 56.6 Å². The molecule has 2 fully saturated rings. The maximum absolute atomic E-state index is 12.9. The third-order valence-corrected chi connectivity index (χ3v) is 6.29. The van der Waals surface area contributed by atoms with Gasteiger partial charge in [0.2, 0.25) is 5.91 Å². The number of ether oxygens (including phenoxy) is 1. The zero-order valence-corrected chi connectivity index (χ0v) is 17.2. The van der Waals surface area contributed by atoms with E-state index in [4.69, 9.17) is 4.74 Å². The van der Waals surface area contributed by atoms with Crippen LogP contribution in [0.5, 0.6) is 5.75 Å². The number of para-hydroxylation sites is 1. The van der Waals surface area contributed by atoms with E-state index >= 15 is 0 Å². The molecule has 2 aromatic rings. The number of aromatic nitrogens is 3. The molecule has 1 saturated carbocycles. The molecule has 4 rings (SSSR count). The highest BCUT2D eigenvalue weighted by atomic mass is 16.5. The highest BCUT2D eigenvalue weighted by Gasteiger charge is 2.29. The summed E-state index contributed by atoms with van der Waals surface area (Å²) in [4.78, 5) is 15.0. The van der Waals surface area contributed by atoms with E-state index in [1.165, 1.54) is 32.1 Å². The van der Waals surface area contributed by atoms with Crippen LogP contribution in [-0.2, 0) is 17.9 Å². The van der Waals surface area contributed by atoms with Crippen molar-refractivity contribution >= 4 is 5.91 Å². The fourth-order valence-electron chi connectivity index (χ4n) is 4.68. The quantitative estimate of drug-likeness (QED) is 0.671. The van der Waals surface area contributed by atoms with E-state index in [9.17, 15) is 4.79 Å². The first-order valence-electron chi connectivity index (χ1n) is 11.1. The Bertz CT molecular complexity index is 770. The first-order valence-corrected chi connectivity index (χ1v) is 11.1. The molecule has 1 amide bonds. The molecule has 1 aliphatic heterocycles. The summed E-state index contributed by atoms with van der Waals surface area (Å²) in [5.74, 6) is 1.82. The topological polar surface area (TPSA) is 60.2 Å². The molecular weight excluding hydrogens is 364 g/mol. The van der Waals surface area contributed by atoms with Gasteiger partial charge in [-0.15, -0.1) is 5.10 Å². The van der Waals surface area contributed by atoms with Crippen molar-refractivity contribution in [2.75, 3.05) is 6.54 Å². The van der Waals surface area contributed by atoms with Gasteiger partial charge in [-0.2, -0.15) is 0 Å². The molecule has 0 spiro atoms. The standard InChI is InChI=1S/C23H32N4O2/c28-23(16-19-8-4-5-9-19)27-14-7-6-10-21(27)13-15-26-17-20(24-25-26)18-29-22-11-2-1-3-12-22/h1-3,11-12,17,19,21H,4-10,13-16,18H2. The van der Waals surface area contributed by atoms with Crippen molar-refractivity contribution in [3.8, 4) is 5.75 Å². The Morgan fingerprint density at radius 1 is 1.07 bits per heavy atom. The first-order chi connectivity index (χ1) is 14.3. The Morgan fingerprint density at radius 3 is 2.69 bits per heavy atom. The lowest BCUT2D eigenvalue weighted by molar-refractivity contribution is -0.136. The zero-order valence-electron chi connectivity index (χ0n) is 17.2. The minimum atomic E-state index is 0.339. The molecule has 1 aromatic carbocycles. The molecule has 29 heavy (non-hydrogen) atoms.